The van der Waals surface area contributed by atoms with E-state index < -0.39 is 0 Å². The van der Waals surface area contributed by atoms with Crippen LogP contribution in [0.15, 0.2) is 51.1 Å². The van der Waals surface area contributed by atoms with Crippen molar-refractivity contribution in [3.8, 4) is 11.5 Å². The number of phenolic OH excluding ortho intramolecular Hbond substituents is 1. The number of ether oxygens (including phenoxy) is 1. The highest BCUT2D eigenvalue weighted by molar-refractivity contribution is 9.10. The lowest BCUT2D eigenvalue weighted by Crippen LogP contribution is -1.83. The summed E-state index contributed by atoms with van der Waals surface area (Å²) >= 11 is 3.39. The van der Waals surface area contributed by atoms with E-state index in [1.165, 1.54) is 12.1 Å². The SMILES string of the molecule is COc1ccc(/N=N/c2ccc(O)cc2CO)c(Br)c1. The van der Waals surface area contributed by atoms with Gasteiger partial charge in [-0.15, -0.1) is 5.11 Å². The first kappa shape index (κ1) is 14.5. The number of halogens is 1. The van der Waals surface area contributed by atoms with Gasteiger partial charge >= 0.3 is 0 Å². The summed E-state index contributed by atoms with van der Waals surface area (Å²) in [6, 6.07) is 9.89. The van der Waals surface area contributed by atoms with Crippen LogP contribution in [0.3, 0.4) is 0 Å². The molecule has 0 aliphatic rings. The van der Waals surface area contributed by atoms with Crippen LogP contribution in [0.2, 0.25) is 0 Å². The Balaban J connectivity index is 2.29. The van der Waals surface area contributed by atoms with Crippen molar-refractivity contribution in [3.05, 3.63) is 46.4 Å². The molecule has 0 atom stereocenters. The molecule has 0 fully saturated rings. The Labute approximate surface area is 124 Å². The van der Waals surface area contributed by atoms with E-state index in [1.807, 2.05) is 0 Å². The number of azo groups is 1. The van der Waals surface area contributed by atoms with Gasteiger partial charge in [0.2, 0.25) is 0 Å². The number of methoxy groups -OCH3 is 1. The van der Waals surface area contributed by atoms with Gasteiger partial charge in [0.25, 0.3) is 0 Å². The van der Waals surface area contributed by atoms with Gasteiger partial charge in [0.15, 0.2) is 0 Å². The summed E-state index contributed by atoms with van der Waals surface area (Å²) in [5.74, 6) is 0.801. The third kappa shape index (κ3) is 3.34. The molecule has 2 aromatic rings. The van der Waals surface area contributed by atoms with E-state index in [0.29, 0.717) is 16.9 Å². The highest BCUT2D eigenvalue weighted by atomic mass is 79.9. The molecule has 0 bridgehead atoms. The van der Waals surface area contributed by atoms with Crippen LogP contribution in [0.4, 0.5) is 11.4 Å². The fraction of sp³-hybridized carbons (Fsp3) is 0.143. The van der Waals surface area contributed by atoms with E-state index in [-0.39, 0.29) is 12.4 Å². The summed E-state index contributed by atoms with van der Waals surface area (Å²) in [7, 11) is 1.59. The fourth-order valence-electron chi connectivity index (χ4n) is 1.60. The van der Waals surface area contributed by atoms with Crippen LogP contribution in [-0.4, -0.2) is 17.3 Å². The molecule has 104 valence electrons. The molecule has 0 radical (unpaired) electrons. The van der Waals surface area contributed by atoms with Crippen LogP contribution < -0.4 is 4.74 Å². The average molecular weight is 337 g/mol. The summed E-state index contributed by atoms with van der Waals surface area (Å²) in [4.78, 5) is 0. The van der Waals surface area contributed by atoms with Crippen molar-refractivity contribution in [1.82, 2.24) is 0 Å². The minimum Gasteiger partial charge on any atom is -0.508 e. The lowest BCUT2D eigenvalue weighted by Gasteiger charge is -2.03. The van der Waals surface area contributed by atoms with E-state index >= 15 is 0 Å². The van der Waals surface area contributed by atoms with Crippen molar-refractivity contribution in [2.24, 2.45) is 10.2 Å². The van der Waals surface area contributed by atoms with E-state index in [0.717, 1.165) is 10.2 Å². The number of phenols is 1. The summed E-state index contributed by atoms with van der Waals surface area (Å²) < 4.78 is 5.85. The van der Waals surface area contributed by atoms with Crippen molar-refractivity contribution in [2.45, 2.75) is 6.61 Å². The Morgan fingerprint density at radius 1 is 1.10 bits per heavy atom. The Morgan fingerprint density at radius 3 is 2.45 bits per heavy atom. The Kier molecular flexibility index (Phi) is 4.70. The maximum absolute atomic E-state index is 9.35. The molecule has 0 saturated heterocycles. The zero-order chi connectivity index (χ0) is 14.5. The van der Waals surface area contributed by atoms with Gasteiger partial charge in [-0.25, -0.2) is 0 Å². The second kappa shape index (κ2) is 6.49. The van der Waals surface area contributed by atoms with Gasteiger partial charge in [-0.2, -0.15) is 5.11 Å². The molecule has 0 aromatic heterocycles. The number of aliphatic hydroxyl groups excluding tert-OH is 1. The van der Waals surface area contributed by atoms with Crippen molar-refractivity contribution >= 4 is 27.3 Å². The van der Waals surface area contributed by atoms with Gasteiger partial charge in [0, 0.05) is 10.0 Å². The van der Waals surface area contributed by atoms with Gasteiger partial charge in [-0.1, -0.05) is 0 Å². The molecule has 0 unspecified atom stereocenters. The first-order valence-electron chi connectivity index (χ1n) is 5.82. The number of nitrogens with zero attached hydrogens (tertiary/aromatic N) is 2. The Morgan fingerprint density at radius 2 is 1.80 bits per heavy atom. The highest BCUT2D eigenvalue weighted by Crippen LogP contribution is 2.32. The molecular formula is C14H13BrN2O3. The van der Waals surface area contributed by atoms with Gasteiger partial charge in [-0.3, -0.25) is 0 Å². The van der Waals surface area contributed by atoms with E-state index in [1.54, 1.807) is 31.4 Å². The molecule has 0 heterocycles. The van der Waals surface area contributed by atoms with Crippen LogP contribution in [0.5, 0.6) is 11.5 Å². The molecule has 0 saturated carbocycles. The second-order valence-corrected chi connectivity index (χ2v) is 4.84. The maximum Gasteiger partial charge on any atom is 0.120 e. The molecule has 0 aliphatic heterocycles. The predicted molar refractivity (Wildman–Crippen MR) is 78.9 cm³/mol. The van der Waals surface area contributed by atoms with Crippen LogP contribution in [0.1, 0.15) is 5.56 Å². The van der Waals surface area contributed by atoms with Crippen molar-refractivity contribution in [1.29, 1.82) is 0 Å². The zero-order valence-electron chi connectivity index (χ0n) is 10.7. The van der Waals surface area contributed by atoms with Crippen LogP contribution >= 0.6 is 15.9 Å². The molecule has 0 spiro atoms. The molecule has 5 nitrogen and oxygen atoms in total. The minimum atomic E-state index is -0.216. The summed E-state index contributed by atoms with van der Waals surface area (Å²) in [6.45, 7) is -0.216. The van der Waals surface area contributed by atoms with Crippen LogP contribution in [0, 0.1) is 0 Å². The third-order valence-electron chi connectivity index (χ3n) is 2.65. The molecule has 2 aromatic carbocycles. The van der Waals surface area contributed by atoms with E-state index in [2.05, 4.69) is 26.2 Å². The largest absolute Gasteiger partial charge is 0.508 e. The molecule has 6 heteroatoms. The zero-order valence-corrected chi connectivity index (χ0v) is 12.3. The summed E-state index contributed by atoms with van der Waals surface area (Å²) in [5.41, 5.74) is 1.66. The molecule has 20 heavy (non-hydrogen) atoms. The summed E-state index contributed by atoms with van der Waals surface area (Å²) in [5, 5.41) is 26.8. The van der Waals surface area contributed by atoms with Crippen LogP contribution in [0.25, 0.3) is 0 Å². The monoisotopic (exact) mass is 336 g/mol. The lowest BCUT2D eigenvalue weighted by atomic mass is 10.2. The van der Waals surface area contributed by atoms with E-state index in [9.17, 15) is 10.2 Å². The smallest absolute Gasteiger partial charge is 0.120 e. The fourth-order valence-corrected chi connectivity index (χ4v) is 2.04. The second-order valence-electron chi connectivity index (χ2n) is 3.99. The van der Waals surface area contributed by atoms with Gasteiger partial charge in [-0.05, 0) is 52.3 Å². The average Bonchev–Trinajstić information content (AvgIpc) is 2.46. The third-order valence-corrected chi connectivity index (χ3v) is 3.29. The van der Waals surface area contributed by atoms with E-state index in [4.69, 9.17) is 4.74 Å². The lowest BCUT2D eigenvalue weighted by molar-refractivity contribution is 0.281. The number of rotatable bonds is 4. The number of aliphatic hydroxyl groups is 1. The number of aromatic hydroxyl groups is 1. The predicted octanol–water partition coefficient (Wildman–Crippen LogP) is 4.07. The molecular weight excluding hydrogens is 324 g/mol. The Bertz CT molecular complexity index is 644. The Hall–Kier alpha value is -1.92. The molecule has 2 N–H and O–H groups in total. The standard InChI is InChI=1S/C14H13BrN2O3/c1-20-11-3-5-14(12(15)7-11)17-16-13-4-2-10(19)6-9(13)8-18/h2-7,18-19H,8H2,1H3/b17-16+. The van der Waals surface area contributed by atoms with Crippen molar-refractivity contribution in [3.63, 3.8) is 0 Å². The normalized spacial score (nSPS) is 10.9. The molecule has 2 rings (SSSR count). The van der Waals surface area contributed by atoms with Crippen LogP contribution in [-0.2, 0) is 6.61 Å². The first-order valence-corrected chi connectivity index (χ1v) is 6.61. The topological polar surface area (TPSA) is 74.4 Å². The first-order chi connectivity index (χ1) is 9.63. The quantitative estimate of drug-likeness (QED) is 0.826. The maximum atomic E-state index is 9.35. The highest BCUT2D eigenvalue weighted by Gasteiger charge is 2.04. The number of hydrogen-bond donors (Lipinski definition) is 2. The molecule has 0 aliphatic carbocycles. The minimum absolute atomic E-state index is 0.0821. The van der Waals surface area contributed by atoms with Crippen molar-refractivity contribution < 1.29 is 14.9 Å². The number of benzene rings is 2. The van der Waals surface area contributed by atoms with Gasteiger partial charge < -0.3 is 14.9 Å². The number of hydrogen-bond acceptors (Lipinski definition) is 5. The van der Waals surface area contributed by atoms with Gasteiger partial charge in [0.05, 0.1) is 19.4 Å². The van der Waals surface area contributed by atoms with Crippen molar-refractivity contribution in [2.75, 3.05) is 7.11 Å². The van der Waals surface area contributed by atoms with Gasteiger partial charge in [0.1, 0.15) is 17.2 Å². The summed E-state index contributed by atoms with van der Waals surface area (Å²) in [6.07, 6.45) is 0. The molecule has 0 amide bonds.